The van der Waals surface area contributed by atoms with E-state index in [1.165, 1.54) is 0 Å². The third-order valence-electron chi connectivity index (χ3n) is 5.14. The van der Waals surface area contributed by atoms with Gasteiger partial charge in [0.05, 0.1) is 5.69 Å². The summed E-state index contributed by atoms with van der Waals surface area (Å²) in [5.41, 5.74) is 4.66. The van der Waals surface area contributed by atoms with Gasteiger partial charge in [-0.05, 0) is 45.9 Å². The number of fused-ring (bicyclic) bond motifs is 1. The van der Waals surface area contributed by atoms with E-state index >= 15 is 0 Å². The van der Waals surface area contributed by atoms with Crippen LogP contribution in [0.2, 0.25) is 0 Å². The number of carbonyl (C=O) groups is 2. The van der Waals surface area contributed by atoms with E-state index in [1.807, 2.05) is 58.0 Å². The molecule has 1 aromatic carbocycles. The third kappa shape index (κ3) is 3.13. The van der Waals surface area contributed by atoms with Crippen LogP contribution < -0.4 is 4.90 Å². The summed E-state index contributed by atoms with van der Waals surface area (Å²) in [6.07, 6.45) is 0. The van der Waals surface area contributed by atoms with E-state index in [4.69, 9.17) is 0 Å². The molecule has 4 rings (SSSR count). The molecule has 1 atom stereocenters. The van der Waals surface area contributed by atoms with Crippen LogP contribution in [0, 0.1) is 20.8 Å². The first kappa shape index (κ1) is 18.2. The maximum absolute atomic E-state index is 13.1. The summed E-state index contributed by atoms with van der Waals surface area (Å²) in [4.78, 5) is 33.7. The molecule has 3 heterocycles. The lowest BCUT2D eigenvalue weighted by Crippen LogP contribution is -2.57. The van der Waals surface area contributed by atoms with Crippen molar-refractivity contribution in [3.05, 3.63) is 59.0 Å². The molecular formula is C21H23N5O2. The predicted molar refractivity (Wildman–Crippen MR) is 106 cm³/mol. The number of aromatic nitrogens is 3. The highest BCUT2D eigenvalue weighted by Gasteiger charge is 2.34. The molecule has 0 bridgehead atoms. The van der Waals surface area contributed by atoms with Crippen molar-refractivity contribution >= 4 is 23.1 Å². The number of rotatable bonds is 2. The summed E-state index contributed by atoms with van der Waals surface area (Å²) in [6, 6.07) is 11.3. The maximum Gasteiger partial charge on any atom is 0.273 e. The van der Waals surface area contributed by atoms with Crippen molar-refractivity contribution in [2.24, 2.45) is 0 Å². The zero-order chi connectivity index (χ0) is 20.0. The Kier molecular flexibility index (Phi) is 4.37. The number of aryl methyl sites for hydroxylation is 3. The molecule has 7 nitrogen and oxygen atoms in total. The highest BCUT2D eigenvalue weighted by atomic mass is 16.2. The molecule has 0 N–H and O–H groups in total. The van der Waals surface area contributed by atoms with E-state index in [0.717, 1.165) is 22.6 Å². The monoisotopic (exact) mass is 377 g/mol. The summed E-state index contributed by atoms with van der Waals surface area (Å²) < 4.78 is 1.72. The van der Waals surface area contributed by atoms with Gasteiger partial charge in [-0.2, -0.15) is 5.10 Å². The van der Waals surface area contributed by atoms with Gasteiger partial charge in [0.15, 0.2) is 5.65 Å². The number of benzene rings is 1. The maximum atomic E-state index is 13.1. The molecule has 28 heavy (non-hydrogen) atoms. The van der Waals surface area contributed by atoms with Gasteiger partial charge in [-0.15, -0.1) is 0 Å². The average molecular weight is 377 g/mol. The fourth-order valence-corrected chi connectivity index (χ4v) is 3.59. The van der Waals surface area contributed by atoms with Gasteiger partial charge < -0.3 is 9.80 Å². The molecule has 0 saturated carbocycles. The van der Waals surface area contributed by atoms with Gasteiger partial charge in [-0.25, -0.2) is 9.50 Å². The van der Waals surface area contributed by atoms with E-state index in [2.05, 4.69) is 10.1 Å². The number of hydrogen-bond donors (Lipinski definition) is 0. The van der Waals surface area contributed by atoms with Crippen LogP contribution in [0.3, 0.4) is 0 Å². The zero-order valence-electron chi connectivity index (χ0n) is 16.5. The smallest absolute Gasteiger partial charge is 0.273 e. The Morgan fingerprint density at radius 3 is 2.54 bits per heavy atom. The van der Waals surface area contributed by atoms with E-state index in [1.54, 1.807) is 20.4 Å². The number of amides is 2. The Bertz CT molecular complexity index is 1070. The average Bonchev–Trinajstić information content (AvgIpc) is 3.04. The topological polar surface area (TPSA) is 70.8 Å². The molecule has 0 aliphatic carbocycles. The van der Waals surface area contributed by atoms with Gasteiger partial charge in [0.2, 0.25) is 5.91 Å². The molecule has 0 radical (unpaired) electrons. The van der Waals surface area contributed by atoms with Crippen molar-refractivity contribution in [2.45, 2.75) is 33.7 Å². The summed E-state index contributed by atoms with van der Waals surface area (Å²) in [6.45, 7) is 8.25. The number of anilines is 1. The van der Waals surface area contributed by atoms with Crippen molar-refractivity contribution in [1.82, 2.24) is 19.5 Å². The first-order valence-electron chi connectivity index (χ1n) is 9.35. The van der Waals surface area contributed by atoms with Crippen molar-refractivity contribution in [3.8, 4) is 0 Å². The molecule has 1 aliphatic heterocycles. The van der Waals surface area contributed by atoms with Crippen LogP contribution in [0.25, 0.3) is 5.65 Å². The van der Waals surface area contributed by atoms with Gasteiger partial charge in [0.1, 0.15) is 12.2 Å². The van der Waals surface area contributed by atoms with E-state index in [9.17, 15) is 9.59 Å². The molecule has 144 valence electrons. The van der Waals surface area contributed by atoms with Crippen molar-refractivity contribution in [3.63, 3.8) is 0 Å². The zero-order valence-corrected chi connectivity index (χ0v) is 16.5. The van der Waals surface area contributed by atoms with Gasteiger partial charge in [0, 0.05) is 30.0 Å². The Balaban J connectivity index is 1.59. The van der Waals surface area contributed by atoms with Crippen LogP contribution in [0.15, 0.2) is 36.4 Å². The van der Waals surface area contributed by atoms with Crippen LogP contribution in [0.5, 0.6) is 0 Å². The molecule has 2 aromatic heterocycles. The number of piperazine rings is 1. The second-order valence-corrected chi connectivity index (χ2v) is 7.46. The lowest BCUT2D eigenvalue weighted by Gasteiger charge is -2.39. The first-order valence-corrected chi connectivity index (χ1v) is 9.35. The van der Waals surface area contributed by atoms with Crippen LogP contribution in [0.4, 0.5) is 5.69 Å². The quantitative estimate of drug-likeness (QED) is 0.688. The fourth-order valence-electron chi connectivity index (χ4n) is 3.59. The summed E-state index contributed by atoms with van der Waals surface area (Å²) in [5, 5.41) is 4.37. The van der Waals surface area contributed by atoms with Crippen LogP contribution in [0.1, 0.15) is 34.4 Å². The lowest BCUT2D eigenvalue weighted by molar-refractivity contribution is -0.121. The van der Waals surface area contributed by atoms with Gasteiger partial charge in [0.25, 0.3) is 5.91 Å². The van der Waals surface area contributed by atoms with Crippen LogP contribution in [-0.4, -0.2) is 50.4 Å². The highest BCUT2D eigenvalue weighted by molar-refractivity contribution is 6.01. The van der Waals surface area contributed by atoms with Crippen molar-refractivity contribution in [2.75, 3.05) is 18.0 Å². The largest absolute Gasteiger partial charge is 0.323 e. The summed E-state index contributed by atoms with van der Waals surface area (Å²) in [7, 11) is 0. The molecule has 7 heteroatoms. The summed E-state index contributed by atoms with van der Waals surface area (Å²) in [5.74, 6) is -0.317. The minimum absolute atomic E-state index is 0.0398. The SMILES string of the molecule is Cc1ccc(N2C[C@@H](C)N(C(=O)c3cc(C)n4nc(C)cc4n3)CC2=O)cc1. The fraction of sp³-hybridized carbons (Fsp3) is 0.333. The normalized spacial score (nSPS) is 17.4. The number of carbonyl (C=O) groups excluding carboxylic acids is 2. The second-order valence-electron chi connectivity index (χ2n) is 7.46. The van der Waals surface area contributed by atoms with Crippen molar-refractivity contribution < 1.29 is 9.59 Å². The minimum Gasteiger partial charge on any atom is -0.323 e. The Morgan fingerprint density at radius 1 is 1.11 bits per heavy atom. The van der Waals surface area contributed by atoms with E-state index in [-0.39, 0.29) is 24.4 Å². The molecule has 2 amide bonds. The molecule has 0 spiro atoms. The van der Waals surface area contributed by atoms with Crippen LogP contribution >= 0.6 is 0 Å². The highest BCUT2D eigenvalue weighted by Crippen LogP contribution is 2.22. The molecule has 1 saturated heterocycles. The van der Waals surface area contributed by atoms with Gasteiger partial charge >= 0.3 is 0 Å². The Morgan fingerprint density at radius 2 is 1.82 bits per heavy atom. The lowest BCUT2D eigenvalue weighted by atomic mass is 10.1. The van der Waals surface area contributed by atoms with E-state index < -0.39 is 0 Å². The predicted octanol–water partition coefficient (Wildman–Crippen LogP) is 2.53. The van der Waals surface area contributed by atoms with Crippen molar-refractivity contribution in [1.29, 1.82) is 0 Å². The number of hydrogen-bond acceptors (Lipinski definition) is 4. The minimum atomic E-state index is -0.228. The molecule has 1 fully saturated rings. The van der Waals surface area contributed by atoms with Crippen LogP contribution in [-0.2, 0) is 4.79 Å². The van der Waals surface area contributed by atoms with E-state index in [0.29, 0.717) is 17.9 Å². The second kappa shape index (κ2) is 6.74. The molecule has 0 unspecified atom stereocenters. The Hall–Kier alpha value is -3.22. The first-order chi connectivity index (χ1) is 13.3. The third-order valence-corrected chi connectivity index (χ3v) is 5.14. The molecule has 1 aliphatic rings. The standard InChI is InChI=1S/C21H23N5O2/c1-13-5-7-17(8-6-13)25-11-16(4)24(12-20(25)27)21(28)18-10-15(3)26-19(22-18)9-14(2)23-26/h5-10,16H,11-12H2,1-4H3/t16-/m1/s1. The summed E-state index contributed by atoms with van der Waals surface area (Å²) >= 11 is 0. The Labute approximate surface area is 163 Å². The van der Waals surface area contributed by atoms with Gasteiger partial charge in [-0.3, -0.25) is 9.59 Å². The molecular weight excluding hydrogens is 354 g/mol. The van der Waals surface area contributed by atoms with Gasteiger partial charge in [-0.1, -0.05) is 17.7 Å². The number of nitrogens with zero attached hydrogens (tertiary/aromatic N) is 5. The molecule has 3 aromatic rings.